The van der Waals surface area contributed by atoms with Gasteiger partial charge in [0, 0.05) is 36.1 Å². The van der Waals surface area contributed by atoms with Gasteiger partial charge in [-0.3, -0.25) is 4.79 Å². The van der Waals surface area contributed by atoms with E-state index in [4.69, 9.17) is 4.74 Å². The van der Waals surface area contributed by atoms with Crippen LogP contribution in [0, 0.1) is 5.92 Å². The third kappa shape index (κ3) is 3.14. The van der Waals surface area contributed by atoms with Crippen molar-refractivity contribution in [2.75, 3.05) is 20.2 Å². The third-order valence-corrected chi connectivity index (χ3v) is 5.50. The lowest BCUT2D eigenvalue weighted by Gasteiger charge is -2.34. The number of nitrogens with one attached hydrogen (secondary N) is 1. The number of methoxy groups -OCH3 is 1. The van der Waals surface area contributed by atoms with E-state index < -0.39 is 0 Å². The Balaban J connectivity index is 1.72. The molecule has 1 aromatic heterocycles. The van der Waals surface area contributed by atoms with Crippen molar-refractivity contribution in [2.45, 2.75) is 45.4 Å². The van der Waals surface area contributed by atoms with E-state index in [2.05, 4.69) is 42.1 Å². The van der Waals surface area contributed by atoms with E-state index >= 15 is 0 Å². The highest BCUT2D eigenvalue weighted by molar-refractivity contribution is 5.85. The van der Waals surface area contributed by atoms with Gasteiger partial charge in [0.1, 0.15) is 5.75 Å². The Bertz CT molecular complexity index is 695. The number of hydrogen-bond acceptors (Lipinski definition) is 2. The van der Waals surface area contributed by atoms with Crippen LogP contribution in [0.25, 0.3) is 10.9 Å². The van der Waals surface area contributed by atoms with Crippen molar-refractivity contribution in [1.29, 1.82) is 0 Å². The van der Waals surface area contributed by atoms with Crippen LogP contribution >= 0.6 is 0 Å². The zero-order valence-corrected chi connectivity index (χ0v) is 15.0. The van der Waals surface area contributed by atoms with Gasteiger partial charge in [-0.15, -0.1) is 0 Å². The molecule has 1 saturated heterocycles. The first-order valence-corrected chi connectivity index (χ1v) is 9.11. The second kappa shape index (κ2) is 7.29. The molecule has 1 aromatic carbocycles. The minimum absolute atomic E-state index is 0.193. The highest BCUT2D eigenvalue weighted by Gasteiger charge is 2.28. The van der Waals surface area contributed by atoms with Gasteiger partial charge in [0.05, 0.1) is 7.11 Å². The Labute approximate surface area is 144 Å². The summed E-state index contributed by atoms with van der Waals surface area (Å²) in [6.07, 6.45) is 6.09. The summed E-state index contributed by atoms with van der Waals surface area (Å²) in [7, 11) is 1.70. The first kappa shape index (κ1) is 16.9. The molecule has 0 aliphatic carbocycles. The summed E-state index contributed by atoms with van der Waals surface area (Å²) in [6.45, 7) is 5.96. The zero-order chi connectivity index (χ0) is 17.1. The number of hydrogen-bond donors (Lipinski definition) is 1. The maximum absolute atomic E-state index is 12.6. The fourth-order valence-corrected chi connectivity index (χ4v) is 3.89. The van der Waals surface area contributed by atoms with Gasteiger partial charge in [-0.05, 0) is 55.4 Å². The molecule has 0 saturated carbocycles. The summed E-state index contributed by atoms with van der Waals surface area (Å²) >= 11 is 0. The van der Waals surface area contributed by atoms with Gasteiger partial charge in [-0.25, -0.2) is 0 Å². The molecule has 0 atom stereocenters. The molecule has 2 aromatic rings. The van der Waals surface area contributed by atoms with Crippen LogP contribution in [0.3, 0.4) is 0 Å². The number of ether oxygens (including phenoxy) is 1. The average Bonchev–Trinajstić information content (AvgIpc) is 3.05. The zero-order valence-electron chi connectivity index (χ0n) is 15.0. The van der Waals surface area contributed by atoms with Crippen LogP contribution in [-0.2, 0) is 4.79 Å². The van der Waals surface area contributed by atoms with E-state index in [9.17, 15) is 4.79 Å². The van der Waals surface area contributed by atoms with Gasteiger partial charge in [0.25, 0.3) is 0 Å². The number of nitrogens with zero attached hydrogens (tertiary/aromatic N) is 1. The van der Waals surface area contributed by atoms with Crippen LogP contribution < -0.4 is 4.74 Å². The van der Waals surface area contributed by atoms with Crippen molar-refractivity contribution in [3.05, 3.63) is 30.0 Å². The molecule has 0 unspecified atom stereocenters. The molecule has 0 spiro atoms. The molecule has 4 nitrogen and oxygen atoms in total. The summed E-state index contributed by atoms with van der Waals surface area (Å²) < 4.78 is 5.37. The Morgan fingerprint density at radius 3 is 2.62 bits per heavy atom. The van der Waals surface area contributed by atoms with Crippen molar-refractivity contribution < 1.29 is 9.53 Å². The number of H-pyrrole nitrogens is 1. The second-order valence-corrected chi connectivity index (χ2v) is 6.77. The van der Waals surface area contributed by atoms with Gasteiger partial charge < -0.3 is 14.6 Å². The quantitative estimate of drug-likeness (QED) is 0.888. The first-order chi connectivity index (χ1) is 11.7. The van der Waals surface area contributed by atoms with E-state index in [-0.39, 0.29) is 5.92 Å². The van der Waals surface area contributed by atoms with Crippen molar-refractivity contribution in [3.8, 4) is 5.75 Å². The SMILES string of the molecule is CCC(CC)C(=O)N1CCC(c2c[nH]c3ccc(OC)cc23)CC1. The molecular formula is C20H28N2O2. The number of fused-ring (bicyclic) bond motifs is 1. The summed E-state index contributed by atoms with van der Waals surface area (Å²) in [5.74, 6) is 1.94. The lowest BCUT2D eigenvalue weighted by molar-refractivity contribution is -0.136. The van der Waals surface area contributed by atoms with Gasteiger partial charge in [-0.1, -0.05) is 13.8 Å². The second-order valence-electron chi connectivity index (χ2n) is 6.77. The van der Waals surface area contributed by atoms with Crippen molar-refractivity contribution >= 4 is 16.8 Å². The molecule has 2 heterocycles. The van der Waals surface area contributed by atoms with Crippen LogP contribution in [0.4, 0.5) is 0 Å². The van der Waals surface area contributed by atoms with E-state index in [1.807, 2.05) is 6.07 Å². The van der Waals surface area contributed by atoms with Crippen LogP contribution in [-0.4, -0.2) is 36.0 Å². The number of aromatic nitrogens is 1. The van der Waals surface area contributed by atoms with Crippen molar-refractivity contribution in [1.82, 2.24) is 9.88 Å². The Morgan fingerprint density at radius 2 is 2.00 bits per heavy atom. The van der Waals surface area contributed by atoms with E-state index in [0.717, 1.165) is 50.0 Å². The summed E-state index contributed by atoms with van der Waals surface area (Å²) in [4.78, 5) is 18.0. The first-order valence-electron chi connectivity index (χ1n) is 9.11. The Hall–Kier alpha value is -1.97. The summed E-state index contributed by atoms with van der Waals surface area (Å²) in [5, 5.41) is 1.25. The van der Waals surface area contributed by atoms with Gasteiger partial charge >= 0.3 is 0 Å². The fraction of sp³-hybridized carbons (Fsp3) is 0.550. The number of carbonyl (C=O) groups is 1. The molecule has 1 N–H and O–H groups in total. The highest BCUT2D eigenvalue weighted by Crippen LogP contribution is 2.35. The number of rotatable bonds is 5. The Kier molecular flexibility index (Phi) is 5.12. The third-order valence-electron chi connectivity index (χ3n) is 5.50. The minimum atomic E-state index is 0.193. The summed E-state index contributed by atoms with van der Waals surface area (Å²) in [6, 6.07) is 6.17. The fourth-order valence-electron chi connectivity index (χ4n) is 3.89. The molecule has 4 heteroatoms. The van der Waals surface area contributed by atoms with Crippen LogP contribution in [0.2, 0.25) is 0 Å². The predicted molar refractivity (Wildman–Crippen MR) is 97.5 cm³/mol. The van der Waals surface area contributed by atoms with Crippen molar-refractivity contribution in [3.63, 3.8) is 0 Å². The molecule has 1 fully saturated rings. The van der Waals surface area contributed by atoms with Gasteiger partial charge in [0.2, 0.25) is 5.91 Å². The minimum Gasteiger partial charge on any atom is -0.497 e. The topological polar surface area (TPSA) is 45.3 Å². The number of benzene rings is 1. The Morgan fingerprint density at radius 1 is 1.29 bits per heavy atom. The molecular weight excluding hydrogens is 300 g/mol. The maximum atomic E-state index is 12.6. The van der Waals surface area contributed by atoms with E-state index in [1.165, 1.54) is 10.9 Å². The highest BCUT2D eigenvalue weighted by atomic mass is 16.5. The van der Waals surface area contributed by atoms with Gasteiger partial charge in [-0.2, -0.15) is 0 Å². The largest absolute Gasteiger partial charge is 0.497 e. The maximum Gasteiger partial charge on any atom is 0.225 e. The molecule has 0 radical (unpaired) electrons. The summed E-state index contributed by atoms with van der Waals surface area (Å²) in [5.41, 5.74) is 2.51. The molecule has 130 valence electrons. The standard InChI is InChI=1S/C20H28N2O2/c1-4-14(5-2)20(23)22-10-8-15(9-11-22)18-13-21-19-7-6-16(24-3)12-17(18)19/h6-7,12-15,21H,4-5,8-11H2,1-3H3. The normalized spacial score (nSPS) is 16.1. The van der Waals surface area contributed by atoms with E-state index in [0.29, 0.717) is 11.8 Å². The average molecular weight is 328 g/mol. The molecule has 24 heavy (non-hydrogen) atoms. The molecule has 1 amide bonds. The number of aromatic amines is 1. The van der Waals surface area contributed by atoms with E-state index in [1.54, 1.807) is 7.11 Å². The molecule has 1 aliphatic rings. The van der Waals surface area contributed by atoms with Crippen LogP contribution in [0.5, 0.6) is 5.75 Å². The predicted octanol–water partition coefficient (Wildman–Crippen LogP) is 4.32. The number of likely N-dealkylation sites (tertiary alicyclic amines) is 1. The lowest BCUT2D eigenvalue weighted by Crippen LogP contribution is -2.41. The van der Waals surface area contributed by atoms with Crippen LogP contribution in [0.1, 0.15) is 51.0 Å². The molecule has 1 aliphatic heterocycles. The molecule has 0 bridgehead atoms. The number of carbonyl (C=O) groups excluding carboxylic acids is 1. The number of amides is 1. The monoisotopic (exact) mass is 328 g/mol. The smallest absolute Gasteiger partial charge is 0.225 e. The molecule has 3 rings (SSSR count). The van der Waals surface area contributed by atoms with Crippen molar-refractivity contribution in [2.24, 2.45) is 5.92 Å². The van der Waals surface area contributed by atoms with Crippen LogP contribution in [0.15, 0.2) is 24.4 Å². The lowest BCUT2D eigenvalue weighted by atomic mass is 9.88. The number of piperidine rings is 1. The van der Waals surface area contributed by atoms with Gasteiger partial charge in [0.15, 0.2) is 0 Å².